The van der Waals surface area contributed by atoms with Crippen LogP contribution in [-0.4, -0.2) is 20.7 Å². The topological polar surface area (TPSA) is 59.8 Å². The maximum atomic E-state index is 12.6. The first-order valence-electron chi connectivity index (χ1n) is 7.57. The van der Waals surface area contributed by atoms with Gasteiger partial charge < -0.3 is 5.32 Å². The molecule has 0 saturated heterocycles. The minimum atomic E-state index is -0.189. The number of thiazole rings is 1. The molecule has 0 aliphatic heterocycles. The molecule has 0 fully saturated rings. The van der Waals surface area contributed by atoms with Gasteiger partial charge in [0, 0.05) is 16.7 Å². The van der Waals surface area contributed by atoms with Crippen LogP contribution >= 0.6 is 22.9 Å². The molecule has 2 aromatic heterocycles. The highest BCUT2D eigenvalue weighted by atomic mass is 35.5. The Balaban J connectivity index is 1.66. The monoisotopic (exact) mass is 368 g/mol. The number of anilines is 1. The first kappa shape index (κ1) is 15.8. The number of carbonyl (C=O) groups excluding carboxylic acids is 1. The van der Waals surface area contributed by atoms with E-state index in [1.165, 1.54) is 11.3 Å². The van der Waals surface area contributed by atoms with Crippen LogP contribution in [0.1, 0.15) is 16.1 Å². The third-order valence-corrected chi connectivity index (χ3v) is 4.78. The predicted octanol–water partition coefficient (Wildman–Crippen LogP) is 4.70. The van der Waals surface area contributed by atoms with Crippen molar-refractivity contribution in [3.05, 3.63) is 70.3 Å². The number of halogens is 1. The highest BCUT2D eigenvalue weighted by Gasteiger charge is 2.13. The summed E-state index contributed by atoms with van der Waals surface area (Å²) in [5.74, 6) is 0.416. The Hall–Kier alpha value is -2.70. The van der Waals surface area contributed by atoms with Crippen LogP contribution < -0.4 is 5.32 Å². The molecule has 0 bridgehead atoms. The molecule has 1 N–H and O–H groups in total. The summed E-state index contributed by atoms with van der Waals surface area (Å²) in [4.78, 5) is 16.9. The predicted molar refractivity (Wildman–Crippen MR) is 101 cm³/mol. The summed E-state index contributed by atoms with van der Waals surface area (Å²) < 4.78 is 2.67. The molecule has 0 radical (unpaired) electrons. The first-order valence-corrected chi connectivity index (χ1v) is 8.83. The first-order chi connectivity index (χ1) is 12.1. The molecule has 0 atom stereocenters. The van der Waals surface area contributed by atoms with E-state index in [0.29, 0.717) is 16.4 Å². The lowest BCUT2D eigenvalue weighted by atomic mass is 10.2. The van der Waals surface area contributed by atoms with E-state index in [9.17, 15) is 4.79 Å². The van der Waals surface area contributed by atoms with Gasteiger partial charge in [0.05, 0.1) is 27.1 Å². The van der Waals surface area contributed by atoms with E-state index in [0.717, 1.165) is 21.6 Å². The SMILES string of the molecule is Cc1cc(NC(=O)c2ccc3ncsc3c2)n(-c2ccc(Cl)cc2)n1. The van der Waals surface area contributed by atoms with Crippen LogP contribution in [0, 0.1) is 6.92 Å². The molecule has 4 aromatic rings. The average Bonchev–Trinajstić information content (AvgIpc) is 3.21. The van der Waals surface area contributed by atoms with Crippen molar-refractivity contribution in [3.63, 3.8) is 0 Å². The van der Waals surface area contributed by atoms with Gasteiger partial charge in [0.1, 0.15) is 5.82 Å². The number of nitrogens with one attached hydrogen (secondary N) is 1. The fourth-order valence-corrected chi connectivity index (χ4v) is 3.39. The van der Waals surface area contributed by atoms with Crippen molar-refractivity contribution in [1.29, 1.82) is 0 Å². The number of fused-ring (bicyclic) bond motifs is 1. The Labute approximate surface area is 152 Å². The van der Waals surface area contributed by atoms with E-state index in [1.54, 1.807) is 28.4 Å². The van der Waals surface area contributed by atoms with Crippen LogP contribution in [0.15, 0.2) is 54.0 Å². The lowest BCUT2D eigenvalue weighted by molar-refractivity contribution is 0.102. The molecule has 124 valence electrons. The van der Waals surface area contributed by atoms with Crippen LogP contribution in [-0.2, 0) is 0 Å². The van der Waals surface area contributed by atoms with Gasteiger partial charge in [-0.3, -0.25) is 4.79 Å². The molecule has 4 rings (SSSR count). The molecule has 0 spiro atoms. The van der Waals surface area contributed by atoms with Crippen molar-refractivity contribution in [1.82, 2.24) is 14.8 Å². The summed E-state index contributed by atoms with van der Waals surface area (Å²) in [6, 6.07) is 14.6. The minimum absolute atomic E-state index is 0.189. The van der Waals surface area contributed by atoms with Crippen LogP contribution in [0.4, 0.5) is 5.82 Å². The number of aryl methyl sites for hydroxylation is 1. The van der Waals surface area contributed by atoms with E-state index in [-0.39, 0.29) is 5.91 Å². The lowest BCUT2D eigenvalue weighted by Gasteiger charge is -2.09. The molecule has 1 amide bonds. The minimum Gasteiger partial charge on any atom is -0.306 e. The second kappa shape index (κ2) is 6.31. The van der Waals surface area contributed by atoms with E-state index >= 15 is 0 Å². The molecule has 0 unspecified atom stereocenters. The molecular weight excluding hydrogens is 356 g/mol. The molecule has 7 heteroatoms. The van der Waals surface area contributed by atoms with Crippen molar-refractivity contribution in [2.75, 3.05) is 5.32 Å². The number of carbonyl (C=O) groups is 1. The Morgan fingerprint density at radius 1 is 1.16 bits per heavy atom. The summed E-state index contributed by atoms with van der Waals surface area (Å²) in [5.41, 5.74) is 4.88. The van der Waals surface area contributed by atoms with Crippen LogP contribution in [0.25, 0.3) is 15.9 Å². The van der Waals surface area contributed by atoms with E-state index in [2.05, 4.69) is 15.4 Å². The number of amides is 1. The van der Waals surface area contributed by atoms with Gasteiger partial charge in [0.2, 0.25) is 0 Å². The molecule has 25 heavy (non-hydrogen) atoms. The zero-order valence-corrected chi connectivity index (χ0v) is 14.8. The Morgan fingerprint density at radius 3 is 2.76 bits per heavy atom. The largest absolute Gasteiger partial charge is 0.306 e. The summed E-state index contributed by atoms with van der Waals surface area (Å²) in [6.07, 6.45) is 0. The van der Waals surface area contributed by atoms with Gasteiger partial charge in [-0.05, 0) is 49.4 Å². The van der Waals surface area contributed by atoms with Gasteiger partial charge in [-0.15, -0.1) is 11.3 Å². The standard InChI is InChI=1S/C18H13ClN4OS/c1-11-8-17(23(22-11)14-5-3-13(19)4-6-14)21-18(24)12-2-7-15-16(9-12)25-10-20-15/h2-10H,1H3,(H,21,24). The number of benzene rings is 2. The summed E-state index contributed by atoms with van der Waals surface area (Å²) in [7, 11) is 0. The fourth-order valence-electron chi connectivity index (χ4n) is 2.55. The second-order valence-corrected chi connectivity index (χ2v) is 6.87. The van der Waals surface area contributed by atoms with Crippen LogP contribution in [0.3, 0.4) is 0 Å². The molecular formula is C18H13ClN4OS. The van der Waals surface area contributed by atoms with E-state index < -0.39 is 0 Å². The summed E-state index contributed by atoms with van der Waals surface area (Å²) in [5, 5.41) is 8.03. The van der Waals surface area contributed by atoms with Crippen LogP contribution in [0.5, 0.6) is 0 Å². The maximum absolute atomic E-state index is 12.6. The van der Waals surface area contributed by atoms with Gasteiger partial charge in [-0.1, -0.05) is 11.6 Å². The average molecular weight is 369 g/mol. The smallest absolute Gasteiger partial charge is 0.256 e. The highest BCUT2D eigenvalue weighted by Crippen LogP contribution is 2.22. The molecule has 0 aliphatic rings. The summed E-state index contributed by atoms with van der Waals surface area (Å²) >= 11 is 7.45. The maximum Gasteiger partial charge on any atom is 0.256 e. The van der Waals surface area contributed by atoms with Crippen molar-refractivity contribution < 1.29 is 4.79 Å². The molecule has 2 heterocycles. The van der Waals surface area contributed by atoms with Crippen molar-refractivity contribution in [3.8, 4) is 5.69 Å². The number of hydrogen-bond donors (Lipinski definition) is 1. The number of aromatic nitrogens is 3. The summed E-state index contributed by atoms with van der Waals surface area (Å²) in [6.45, 7) is 1.88. The molecule has 2 aromatic carbocycles. The molecule has 5 nitrogen and oxygen atoms in total. The van der Waals surface area contributed by atoms with Gasteiger partial charge in [0.15, 0.2) is 0 Å². The fraction of sp³-hybridized carbons (Fsp3) is 0.0556. The van der Waals surface area contributed by atoms with E-state index in [1.807, 2.05) is 37.3 Å². The Morgan fingerprint density at radius 2 is 1.96 bits per heavy atom. The highest BCUT2D eigenvalue weighted by molar-refractivity contribution is 7.16. The van der Waals surface area contributed by atoms with Crippen molar-refractivity contribution >= 4 is 44.9 Å². The molecule has 0 saturated carbocycles. The zero-order valence-electron chi connectivity index (χ0n) is 13.2. The normalized spacial score (nSPS) is 11.0. The third-order valence-electron chi connectivity index (χ3n) is 3.74. The number of hydrogen-bond acceptors (Lipinski definition) is 4. The van der Waals surface area contributed by atoms with Crippen molar-refractivity contribution in [2.45, 2.75) is 6.92 Å². The lowest BCUT2D eigenvalue weighted by Crippen LogP contribution is -2.15. The van der Waals surface area contributed by atoms with E-state index in [4.69, 9.17) is 11.6 Å². The van der Waals surface area contributed by atoms with Gasteiger partial charge >= 0.3 is 0 Å². The van der Waals surface area contributed by atoms with Gasteiger partial charge in [-0.2, -0.15) is 5.10 Å². The second-order valence-electron chi connectivity index (χ2n) is 5.55. The number of nitrogens with zero attached hydrogens (tertiary/aromatic N) is 3. The van der Waals surface area contributed by atoms with Crippen LogP contribution in [0.2, 0.25) is 5.02 Å². The number of rotatable bonds is 3. The zero-order chi connectivity index (χ0) is 17.4. The Bertz CT molecular complexity index is 1070. The quantitative estimate of drug-likeness (QED) is 0.570. The third kappa shape index (κ3) is 3.14. The van der Waals surface area contributed by atoms with Gasteiger partial charge in [-0.25, -0.2) is 9.67 Å². The Kier molecular flexibility index (Phi) is 3.99. The van der Waals surface area contributed by atoms with Crippen molar-refractivity contribution in [2.24, 2.45) is 0 Å². The van der Waals surface area contributed by atoms with Gasteiger partial charge in [0.25, 0.3) is 5.91 Å². The molecule has 0 aliphatic carbocycles.